The van der Waals surface area contributed by atoms with E-state index in [1.54, 1.807) is 0 Å². The van der Waals surface area contributed by atoms with Crippen LogP contribution in [0.2, 0.25) is 0 Å². The molecule has 1 aromatic rings. The Morgan fingerprint density at radius 1 is 1.20 bits per heavy atom. The highest BCUT2D eigenvalue weighted by Gasteiger charge is 2.08. The van der Waals surface area contributed by atoms with E-state index in [2.05, 4.69) is 70.2 Å². The lowest BCUT2D eigenvalue weighted by Crippen LogP contribution is -1.97. The fourth-order valence-electron chi connectivity index (χ4n) is 1.95. The van der Waals surface area contributed by atoms with Crippen molar-refractivity contribution in [2.24, 2.45) is 5.92 Å². The summed E-state index contributed by atoms with van der Waals surface area (Å²) in [7, 11) is 0. The van der Waals surface area contributed by atoms with Crippen molar-refractivity contribution >= 4 is 5.57 Å². The Kier molecular flexibility index (Phi) is 4.36. The molecule has 1 unspecified atom stereocenters. The van der Waals surface area contributed by atoms with Crippen molar-refractivity contribution in [3.8, 4) is 0 Å². The highest BCUT2D eigenvalue weighted by molar-refractivity contribution is 5.70. The van der Waals surface area contributed by atoms with Gasteiger partial charge in [0.15, 0.2) is 0 Å². The standard InChI is InChI=1S/C15H20/c1-5-9-12(3)14(6-2)15-11-8-7-10-13(15)4/h5-12H,1-4H3/b9-5-,14-6-. The molecule has 0 saturated heterocycles. The SMILES string of the molecule is C/C=C\C(C)/C(=C/C)c1ccccc1C. The fourth-order valence-corrected chi connectivity index (χ4v) is 1.95. The number of rotatable bonds is 3. The molecular formula is C15H20. The minimum absolute atomic E-state index is 0.487. The van der Waals surface area contributed by atoms with Crippen molar-refractivity contribution in [3.05, 3.63) is 53.6 Å². The van der Waals surface area contributed by atoms with Gasteiger partial charge in [0.1, 0.15) is 0 Å². The summed E-state index contributed by atoms with van der Waals surface area (Å²) >= 11 is 0. The van der Waals surface area contributed by atoms with Gasteiger partial charge in [0.05, 0.1) is 0 Å². The monoisotopic (exact) mass is 200 g/mol. The summed E-state index contributed by atoms with van der Waals surface area (Å²) in [4.78, 5) is 0. The number of allylic oxidation sites excluding steroid dienone is 4. The first-order valence-electron chi connectivity index (χ1n) is 5.55. The zero-order valence-electron chi connectivity index (χ0n) is 10.1. The van der Waals surface area contributed by atoms with Crippen LogP contribution < -0.4 is 0 Å². The summed E-state index contributed by atoms with van der Waals surface area (Å²) in [5.74, 6) is 0.487. The van der Waals surface area contributed by atoms with Crippen molar-refractivity contribution in [1.29, 1.82) is 0 Å². The van der Waals surface area contributed by atoms with E-state index >= 15 is 0 Å². The van der Waals surface area contributed by atoms with Gasteiger partial charge in [-0.1, -0.05) is 49.4 Å². The van der Waals surface area contributed by atoms with E-state index in [0.29, 0.717) is 5.92 Å². The lowest BCUT2D eigenvalue weighted by atomic mass is 9.90. The van der Waals surface area contributed by atoms with Crippen LogP contribution in [0.1, 0.15) is 31.9 Å². The van der Waals surface area contributed by atoms with Crippen LogP contribution in [-0.2, 0) is 0 Å². The molecule has 0 spiro atoms. The fraction of sp³-hybridized carbons (Fsp3) is 0.333. The first kappa shape index (κ1) is 11.8. The minimum atomic E-state index is 0.487. The van der Waals surface area contributed by atoms with Crippen LogP contribution in [0.25, 0.3) is 5.57 Å². The van der Waals surface area contributed by atoms with Crippen LogP contribution >= 0.6 is 0 Å². The van der Waals surface area contributed by atoms with E-state index in [1.807, 2.05) is 0 Å². The van der Waals surface area contributed by atoms with Gasteiger partial charge in [-0.15, -0.1) is 0 Å². The molecule has 80 valence electrons. The molecule has 0 N–H and O–H groups in total. The predicted molar refractivity (Wildman–Crippen MR) is 68.8 cm³/mol. The largest absolute Gasteiger partial charge is 0.0911 e. The van der Waals surface area contributed by atoms with Crippen LogP contribution in [0.3, 0.4) is 0 Å². The average Bonchev–Trinajstić information content (AvgIpc) is 2.22. The molecule has 1 atom stereocenters. The second-order valence-electron chi connectivity index (χ2n) is 3.87. The molecule has 0 amide bonds. The molecule has 0 aliphatic heterocycles. The van der Waals surface area contributed by atoms with Gasteiger partial charge in [0.25, 0.3) is 0 Å². The van der Waals surface area contributed by atoms with Gasteiger partial charge in [-0.05, 0) is 43.4 Å². The van der Waals surface area contributed by atoms with Crippen LogP contribution in [-0.4, -0.2) is 0 Å². The molecule has 15 heavy (non-hydrogen) atoms. The van der Waals surface area contributed by atoms with Crippen molar-refractivity contribution in [2.45, 2.75) is 27.7 Å². The third-order valence-electron chi connectivity index (χ3n) is 2.74. The summed E-state index contributed by atoms with van der Waals surface area (Å²) in [5.41, 5.74) is 4.12. The smallest absolute Gasteiger partial charge is 0.000778 e. The minimum Gasteiger partial charge on any atom is -0.0911 e. The second kappa shape index (κ2) is 5.55. The third-order valence-corrected chi connectivity index (χ3v) is 2.74. The van der Waals surface area contributed by atoms with E-state index in [-0.39, 0.29) is 0 Å². The normalized spacial score (nSPS) is 14.5. The number of aryl methyl sites for hydroxylation is 1. The Hall–Kier alpha value is -1.30. The molecule has 0 aliphatic rings. The molecule has 0 bridgehead atoms. The summed E-state index contributed by atoms with van der Waals surface area (Å²) in [6.45, 7) is 8.59. The highest BCUT2D eigenvalue weighted by atomic mass is 14.1. The predicted octanol–water partition coefficient (Wildman–Crippen LogP) is 4.61. The first-order chi connectivity index (χ1) is 7.20. The lowest BCUT2D eigenvalue weighted by Gasteiger charge is -2.14. The Morgan fingerprint density at radius 3 is 2.40 bits per heavy atom. The van der Waals surface area contributed by atoms with Crippen LogP contribution in [0.15, 0.2) is 42.5 Å². The topological polar surface area (TPSA) is 0 Å². The van der Waals surface area contributed by atoms with Gasteiger partial charge < -0.3 is 0 Å². The van der Waals surface area contributed by atoms with Crippen molar-refractivity contribution in [2.75, 3.05) is 0 Å². The van der Waals surface area contributed by atoms with Gasteiger partial charge in [-0.2, -0.15) is 0 Å². The molecule has 0 aromatic heterocycles. The summed E-state index contributed by atoms with van der Waals surface area (Å²) in [6.07, 6.45) is 6.57. The van der Waals surface area contributed by atoms with E-state index in [1.165, 1.54) is 16.7 Å². The summed E-state index contributed by atoms with van der Waals surface area (Å²) in [6, 6.07) is 8.56. The van der Waals surface area contributed by atoms with E-state index in [0.717, 1.165) is 0 Å². The molecule has 0 saturated carbocycles. The van der Waals surface area contributed by atoms with E-state index in [9.17, 15) is 0 Å². The molecule has 0 heterocycles. The Morgan fingerprint density at radius 2 is 1.87 bits per heavy atom. The first-order valence-corrected chi connectivity index (χ1v) is 5.55. The van der Waals surface area contributed by atoms with E-state index in [4.69, 9.17) is 0 Å². The third kappa shape index (κ3) is 2.82. The number of hydrogen-bond donors (Lipinski definition) is 0. The molecular weight excluding hydrogens is 180 g/mol. The summed E-state index contributed by atoms with van der Waals surface area (Å²) in [5, 5.41) is 0. The second-order valence-corrected chi connectivity index (χ2v) is 3.87. The molecule has 0 radical (unpaired) electrons. The van der Waals surface area contributed by atoms with Crippen LogP contribution in [0, 0.1) is 12.8 Å². The Bertz CT molecular complexity index is 369. The quantitative estimate of drug-likeness (QED) is 0.625. The zero-order valence-corrected chi connectivity index (χ0v) is 10.1. The molecule has 1 aromatic carbocycles. The lowest BCUT2D eigenvalue weighted by molar-refractivity contribution is 0.957. The van der Waals surface area contributed by atoms with Gasteiger partial charge >= 0.3 is 0 Å². The highest BCUT2D eigenvalue weighted by Crippen LogP contribution is 2.26. The van der Waals surface area contributed by atoms with Gasteiger partial charge in [-0.3, -0.25) is 0 Å². The zero-order chi connectivity index (χ0) is 11.3. The van der Waals surface area contributed by atoms with Gasteiger partial charge in [-0.25, -0.2) is 0 Å². The number of hydrogen-bond acceptors (Lipinski definition) is 0. The summed E-state index contributed by atoms with van der Waals surface area (Å²) < 4.78 is 0. The average molecular weight is 200 g/mol. The molecule has 1 rings (SSSR count). The van der Waals surface area contributed by atoms with Crippen molar-refractivity contribution in [3.63, 3.8) is 0 Å². The maximum atomic E-state index is 2.24. The maximum Gasteiger partial charge on any atom is -0.000778 e. The van der Waals surface area contributed by atoms with E-state index < -0.39 is 0 Å². The maximum absolute atomic E-state index is 2.24. The Labute approximate surface area is 93.3 Å². The Balaban J connectivity index is 3.09. The van der Waals surface area contributed by atoms with Crippen molar-refractivity contribution in [1.82, 2.24) is 0 Å². The molecule has 0 nitrogen and oxygen atoms in total. The van der Waals surface area contributed by atoms with Gasteiger partial charge in [0.2, 0.25) is 0 Å². The number of benzene rings is 1. The molecule has 0 fully saturated rings. The molecule has 0 heteroatoms. The van der Waals surface area contributed by atoms with Crippen LogP contribution in [0.5, 0.6) is 0 Å². The van der Waals surface area contributed by atoms with Gasteiger partial charge in [0, 0.05) is 0 Å². The molecule has 0 aliphatic carbocycles. The van der Waals surface area contributed by atoms with Crippen molar-refractivity contribution < 1.29 is 0 Å². The van der Waals surface area contributed by atoms with Crippen LogP contribution in [0.4, 0.5) is 0 Å².